The molecule has 226 valence electrons. The first kappa shape index (κ1) is 29.1. The monoisotopic (exact) mass is 611 g/mol. The molecule has 3 heterocycles. The highest BCUT2D eigenvalue weighted by atomic mass is 35.5. The molecule has 4 unspecified atom stereocenters. The van der Waals surface area contributed by atoms with E-state index in [1.807, 2.05) is 4.90 Å². The van der Waals surface area contributed by atoms with Crippen LogP contribution in [-0.2, 0) is 22.7 Å². The van der Waals surface area contributed by atoms with E-state index in [1.165, 1.54) is 24.0 Å². The number of nitrogens with zero attached hydrogens (tertiary/aromatic N) is 3. The number of halogens is 3. The van der Waals surface area contributed by atoms with Crippen LogP contribution in [0, 0.1) is 11.7 Å². The molecule has 9 nitrogen and oxygen atoms in total. The number of carbonyl (C=O) groups is 4. The van der Waals surface area contributed by atoms with Gasteiger partial charge in [-0.3, -0.25) is 14.4 Å². The zero-order valence-corrected chi connectivity index (χ0v) is 24.4. The van der Waals surface area contributed by atoms with Gasteiger partial charge in [-0.2, -0.15) is 0 Å². The van der Waals surface area contributed by atoms with Gasteiger partial charge in [0.05, 0.1) is 11.6 Å². The summed E-state index contributed by atoms with van der Waals surface area (Å²) in [5, 5.41) is 6.03. The van der Waals surface area contributed by atoms with Crippen LogP contribution in [0.4, 0.5) is 19.3 Å². The maximum Gasteiger partial charge on any atom is 0.322 e. The topological polar surface area (TPSA) is 104 Å². The molecule has 0 radical (unpaired) electrons. The summed E-state index contributed by atoms with van der Waals surface area (Å²) in [4.78, 5) is 54.9. The predicted molar refractivity (Wildman–Crippen MR) is 157 cm³/mol. The van der Waals surface area contributed by atoms with Crippen molar-refractivity contribution in [1.82, 2.24) is 19.7 Å². The van der Waals surface area contributed by atoms with E-state index in [4.69, 9.17) is 11.6 Å². The Labute approximate surface area is 252 Å². The smallest absolute Gasteiger partial charge is 0.322 e. The number of fused-ring (bicyclic) bond motifs is 3. The molecule has 12 heteroatoms. The van der Waals surface area contributed by atoms with Gasteiger partial charge in [-0.05, 0) is 56.4 Å². The van der Waals surface area contributed by atoms with Gasteiger partial charge in [-0.1, -0.05) is 23.7 Å². The summed E-state index contributed by atoms with van der Waals surface area (Å²) < 4.78 is 30.4. The molecule has 4 atom stereocenters. The number of hydrogen-bond acceptors (Lipinski definition) is 4. The van der Waals surface area contributed by atoms with Crippen LogP contribution in [0.25, 0.3) is 10.9 Å². The largest absolute Gasteiger partial charge is 0.350 e. The van der Waals surface area contributed by atoms with Crippen molar-refractivity contribution >= 4 is 51.8 Å². The molecule has 6 rings (SSSR count). The third-order valence-corrected chi connectivity index (χ3v) is 9.14. The third kappa shape index (κ3) is 5.70. The summed E-state index contributed by atoms with van der Waals surface area (Å²) in [7, 11) is 0. The SMILES string of the molecule is CC(=O)c1cn(CC(=O)N2CC(F)CC2C(=O)NCc2cccc(Cl)c2F)c2ccc(NC(=O)N3CC4CCC3C4)cc12. The van der Waals surface area contributed by atoms with Gasteiger partial charge in [0.1, 0.15) is 24.6 Å². The van der Waals surface area contributed by atoms with E-state index < -0.39 is 29.8 Å². The molecule has 2 N–H and O–H groups in total. The number of Topliss-reactive ketones (excluding diaryl/α,β-unsaturated/α-hetero) is 1. The fraction of sp³-hybridized carbons (Fsp3) is 0.419. The van der Waals surface area contributed by atoms with Crippen molar-refractivity contribution in [3.8, 4) is 0 Å². The number of ketones is 1. The maximum absolute atomic E-state index is 14.5. The average molecular weight is 612 g/mol. The van der Waals surface area contributed by atoms with Crippen LogP contribution in [0.15, 0.2) is 42.6 Å². The van der Waals surface area contributed by atoms with E-state index in [0.717, 1.165) is 25.8 Å². The lowest BCUT2D eigenvalue weighted by molar-refractivity contribution is -0.139. The van der Waals surface area contributed by atoms with Gasteiger partial charge in [0.2, 0.25) is 11.8 Å². The number of alkyl halides is 1. The highest BCUT2D eigenvalue weighted by molar-refractivity contribution is 6.30. The van der Waals surface area contributed by atoms with Crippen molar-refractivity contribution < 1.29 is 28.0 Å². The van der Waals surface area contributed by atoms with Gasteiger partial charge in [0.25, 0.3) is 0 Å². The van der Waals surface area contributed by atoms with Crippen molar-refractivity contribution in [1.29, 1.82) is 0 Å². The number of piperidine rings is 1. The van der Waals surface area contributed by atoms with Gasteiger partial charge in [-0.15, -0.1) is 0 Å². The van der Waals surface area contributed by atoms with Crippen molar-refractivity contribution in [2.24, 2.45) is 5.92 Å². The number of benzene rings is 2. The number of amides is 4. The minimum atomic E-state index is -1.39. The van der Waals surface area contributed by atoms with Crippen LogP contribution < -0.4 is 10.6 Å². The molecular formula is C31H32ClF2N5O4. The summed E-state index contributed by atoms with van der Waals surface area (Å²) in [5.41, 5.74) is 1.68. The molecule has 1 aromatic heterocycles. The third-order valence-electron chi connectivity index (χ3n) is 8.85. The maximum atomic E-state index is 14.5. The second-order valence-electron chi connectivity index (χ2n) is 11.7. The van der Waals surface area contributed by atoms with Crippen LogP contribution in [0.5, 0.6) is 0 Å². The van der Waals surface area contributed by atoms with Crippen LogP contribution in [0.1, 0.15) is 48.5 Å². The van der Waals surface area contributed by atoms with Crippen molar-refractivity contribution in [2.45, 2.75) is 64.0 Å². The van der Waals surface area contributed by atoms with E-state index in [0.29, 0.717) is 28.1 Å². The summed E-state index contributed by atoms with van der Waals surface area (Å²) in [5.74, 6) is -1.40. The van der Waals surface area contributed by atoms with Crippen LogP contribution in [0.2, 0.25) is 5.02 Å². The molecule has 3 aliphatic rings. The van der Waals surface area contributed by atoms with Gasteiger partial charge in [0, 0.05) is 59.5 Å². The van der Waals surface area contributed by atoms with Gasteiger partial charge >= 0.3 is 6.03 Å². The number of carbonyl (C=O) groups excluding carboxylic acids is 4. The van der Waals surface area contributed by atoms with Crippen LogP contribution in [-0.4, -0.2) is 69.3 Å². The Bertz CT molecular complexity index is 1630. The summed E-state index contributed by atoms with van der Waals surface area (Å²) >= 11 is 5.82. The lowest BCUT2D eigenvalue weighted by Crippen LogP contribution is -2.46. The molecule has 1 saturated carbocycles. The number of nitrogens with one attached hydrogen (secondary N) is 2. The molecule has 2 saturated heterocycles. The number of likely N-dealkylation sites (tertiary alicyclic amines) is 2. The zero-order valence-electron chi connectivity index (χ0n) is 23.6. The van der Waals surface area contributed by atoms with Crippen molar-refractivity contribution in [3.05, 3.63) is 64.6 Å². The van der Waals surface area contributed by atoms with Crippen LogP contribution in [0.3, 0.4) is 0 Å². The Balaban J connectivity index is 1.17. The molecule has 2 bridgehead atoms. The molecule has 2 aliphatic heterocycles. The molecule has 1 aliphatic carbocycles. The Kier molecular flexibility index (Phi) is 7.85. The van der Waals surface area contributed by atoms with E-state index >= 15 is 0 Å². The highest BCUT2D eigenvalue weighted by Crippen LogP contribution is 2.38. The Hall–Kier alpha value is -3.99. The predicted octanol–water partition coefficient (Wildman–Crippen LogP) is 4.91. The first-order valence-electron chi connectivity index (χ1n) is 14.4. The Morgan fingerprint density at radius 3 is 2.58 bits per heavy atom. The molecular weight excluding hydrogens is 580 g/mol. The number of rotatable bonds is 7. The lowest BCUT2D eigenvalue weighted by atomic mass is 10.1. The second kappa shape index (κ2) is 11.6. The minimum Gasteiger partial charge on any atom is -0.350 e. The van der Waals surface area contributed by atoms with E-state index in [1.54, 1.807) is 35.0 Å². The standard InChI is InChI=1S/C31H32ClF2N5O4/c1-17(40)24-15-37(26-8-6-21(11-23(24)26)36-31(43)38-13-18-5-7-22(38)9-18)16-28(41)39-14-20(33)10-27(39)30(42)35-12-19-3-2-4-25(32)29(19)34/h2-4,6,8,11,15,18,20,22,27H,5,7,9-10,12-14,16H2,1H3,(H,35,42)(H,36,43). The number of aromatic nitrogens is 1. The second-order valence-corrected chi connectivity index (χ2v) is 12.1. The molecule has 0 spiro atoms. The quantitative estimate of drug-likeness (QED) is 0.371. The van der Waals surface area contributed by atoms with Crippen molar-refractivity contribution in [3.63, 3.8) is 0 Å². The molecule has 3 aromatic rings. The first-order valence-corrected chi connectivity index (χ1v) is 14.8. The summed E-state index contributed by atoms with van der Waals surface area (Å²) in [6, 6.07) is 8.64. The molecule has 2 aromatic carbocycles. The molecule has 3 fully saturated rings. The van der Waals surface area contributed by atoms with Gasteiger partial charge in [0.15, 0.2) is 5.78 Å². The van der Waals surface area contributed by atoms with E-state index in [-0.39, 0.29) is 54.5 Å². The van der Waals surface area contributed by atoms with E-state index in [9.17, 15) is 28.0 Å². The van der Waals surface area contributed by atoms with Crippen molar-refractivity contribution in [2.75, 3.05) is 18.4 Å². The summed E-state index contributed by atoms with van der Waals surface area (Å²) in [6.07, 6.45) is 3.21. The Morgan fingerprint density at radius 2 is 1.86 bits per heavy atom. The average Bonchev–Trinajstić information content (AvgIpc) is 3.77. The molecule has 43 heavy (non-hydrogen) atoms. The fourth-order valence-corrected chi connectivity index (χ4v) is 6.88. The highest BCUT2D eigenvalue weighted by Gasteiger charge is 2.41. The van der Waals surface area contributed by atoms with E-state index in [2.05, 4.69) is 10.6 Å². The first-order chi connectivity index (χ1) is 20.6. The van der Waals surface area contributed by atoms with Crippen LogP contribution >= 0.6 is 11.6 Å². The number of hydrogen-bond donors (Lipinski definition) is 2. The molecule has 4 amide bonds. The lowest BCUT2D eigenvalue weighted by Gasteiger charge is -2.27. The normalized spacial score (nSPS) is 22.8. The zero-order chi connectivity index (χ0) is 30.4. The Morgan fingerprint density at radius 1 is 1.05 bits per heavy atom. The fourth-order valence-electron chi connectivity index (χ4n) is 6.69. The minimum absolute atomic E-state index is 0.0787. The van der Waals surface area contributed by atoms with Gasteiger partial charge in [-0.25, -0.2) is 13.6 Å². The summed E-state index contributed by atoms with van der Waals surface area (Å²) in [6.45, 7) is 1.53. The number of anilines is 1. The van der Waals surface area contributed by atoms with Gasteiger partial charge < -0.3 is 25.0 Å². The number of urea groups is 1.